The molecule has 1 spiro atoms. The monoisotopic (exact) mass is 473 g/mol. The molecule has 32 heavy (non-hydrogen) atoms. The van der Waals surface area contributed by atoms with Gasteiger partial charge in [-0.3, -0.25) is 4.68 Å². The molecule has 0 radical (unpaired) electrons. The third kappa shape index (κ3) is 3.34. The van der Waals surface area contributed by atoms with E-state index in [2.05, 4.69) is 31.6 Å². The Morgan fingerprint density at radius 1 is 1.19 bits per heavy atom. The van der Waals surface area contributed by atoms with Crippen molar-refractivity contribution in [3.05, 3.63) is 58.2 Å². The molecule has 6 nitrogen and oxygen atoms in total. The molecule has 1 aliphatic carbocycles. The van der Waals surface area contributed by atoms with Crippen LogP contribution in [0.3, 0.4) is 0 Å². The van der Waals surface area contributed by atoms with E-state index in [4.69, 9.17) is 27.9 Å². The Morgan fingerprint density at radius 2 is 2.06 bits per heavy atom. The molecule has 0 unspecified atom stereocenters. The zero-order valence-corrected chi connectivity index (χ0v) is 18.8. The molecule has 2 N–H and O–H groups in total. The van der Waals surface area contributed by atoms with E-state index in [-0.39, 0.29) is 5.02 Å². The van der Waals surface area contributed by atoms with Gasteiger partial charge in [0.1, 0.15) is 5.82 Å². The molecule has 0 bridgehead atoms. The van der Waals surface area contributed by atoms with Gasteiger partial charge in [-0.1, -0.05) is 23.2 Å². The van der Waals surface area contributed by atoms with Gasteiger partial charge in [0, 0.05) is 30.1 Å². The van der Waals surface area contributed by atoms with Crippen molar-refractivity contribution in [3.63, 3.8) is 0 Å². The average Bonchev–Trinajstić information content (AvgIpc) is 3.42. The lowest BCUT2D eigenvalue weighted by atomic mass is 9.62. The van der Waals surface area contributed by atoms with E-state index in [1.54, 1.807) is 6.20 Å². The number of nitrogens with zero attached hydrogens (tertiary/aromatic N) is 3. The van der Waals surface area contributed by atoms with Gasteiger partial charge >= 0.3 is 0 Å². The Hall–Kier alpha value is -2.35. The molecule has 4 heterocycles. The Balaban J connectivity index is 1.20. The summed E-state index contributed by atoms with van der Waals surface area (Å²) in [7, 11) is 0. The van der Waals surface area contributed by atoms with Crippen molar-refractivity contribution >= 4 is 29.0 Å². The summed E-state index contributed by atoms with van der Waals surface area (Å²) >= 11 is 12.4. The standard InChI is InChI=1S/C23H22Cl2FN5O/c24-16-2-3-17(26)20(25)19(16)22-30-21-18(32-22)6-13(9-28-21)14-10-29-31(11-14)15-7-23(8-15)4-1-5-27-12-23/h2-3,6,9-11,15,22,27H,1,4-5,7-8,12H2,(H,28,30)/t15?,22-,23?/m0/s1. The third-order valence-electron chi connectivity index (χ3n) is 6.91. The maximum Gasteiger partial charge on any atom is 0.200 e. The molecular weight excluding hydrogens is 452 g/mol. The SMILES string of the molecule is Fc1ccc(Cl)c([C@H]2Nc3ncc(-c4cnn(C5CC6(CCCNC6)C5)c4)cc3O2)c1Cl. The van der Waals surface area contributed by atoms with Gasteiger partial charge in [-0.2, -0.15) is 5.10 Å². The summed E-state index contributed by atoms with van der Waals surface area (Å²) in [5.74, 6) is 0.580. The predicted octanol–water partition coefficient (Wildman–Crippen LogP) is 5.60. The van der Waals surface area contributed by atoms with E-state index >= 15 is 0 Å². The number of anilines is 1. The fourth-order valence-corrected chi connectivity index (χ4v) is 5.76. The van der Waals surface area contributed by atoms with Crippen molar-refractivity contribution in [1.29, 1.82) is 0 Å². The molecule has 9 heteroatoms. The highest BCUT2D eigenvalue weighted by atomic mass is 35.5. The van der Waals surface area contributed by atoms with Crippen LogP contribution in [-0.4, -0.2) is 27.9 Å². The number of halogens is 3. The second kappa shape index (κ2) is 7.61. The van der Waals surface area contributed by atoms with Crippen molar-refractivity contribution in [2.45, 2.75) is 38.0 Å². The van der Waals surface area contributed by atoms with Gasteiger partial charge in [-0.15, -0.1) is 0 Å². The van der Waals surface area contributed by atoms with Gasteiger partial charge in [0.15, 0.2) is 11.6 Å². The highest BCUT2D eigenvalue weighted by Crippen LogP contribution is 2.52. The number of ether oxygens (including phenoxy) is 1. The minimum Gasteiger partial charge on any atom is -0.462 e. The van der Waals surface area contributed by atoms with Gasteiger partial charge in [0.2, 0.25) is 6.23 Å². The van der Waals surface area contributed by atoms with Crippen LogP contribution in [0.2, 0.25) is 10.0 Å². The maximum atomic E-state index is 13.9. The summed E-state index contributed by atoms with van der Waals surface area (Å²) in [4.78, 5) is 4.49. The molecule has 166 valence electrons. The molecule has 2 fully saturated rings. The molecule has 3 aromatic rings. The van der Waals surface area contributed by atoms with E-state index in [9.17, 15) is 4.39 Å². The number of fused-ring (bicyclic) bond motifs is 1. The average molecular weight is 474 g/mol. The molecular formula is C23H22Cl2FN5O. The molecule has 2 aromatic heterocycles. The summed E-state index contributed by atoms with van der Waals surface area (Å²) in [6.07, 6.45) is 9.94. The number of benzene rings is 1. The smallest absolute Gasteiger partial charge is 0.200 e. The van der Waals surface area contributed by atoms with Crippen LogP contribution in [0.4, 0.5) is 10.2 Å². The first-order valence-electron chi connectivity index (χ1n) is 10.8. The summed E-state index contributed by atoms with van der Waals surface area (Å²) in [6.45, 7) is 2.26. The Morgan fingerprint density at radius 3 is 2.88 bits per heavy atom. The summed E-state index contributed by atoms with van der Waals surface area (Å²) in [5, 5.41) is 11.5. The van der Waals surface area contributed by atoms with E-state index in [1.165, 1.54) is 37.8 Å². The van der Waals surface area contributed by atoms with Crippen molar-refractivity contribution in [2.24, 2.45) is 5.41 Å². The van der Waals surface area contributed by atoms with Crippen molar-refractivity contribution in [1.82, 2.24) is 20.1 Å². The van der Waals surface area contributed by atoms with Crippen LogP contribution in [0.25, 0.3) is 11.1 Å². The number of nitrogens with one attached hydrogen (secondary N) is 2. The summed E-state index contributed by atoms with van der Waals surface area (Å²) < 4.78 is 22.0. The molecule has 0 amide bonds. The number of hydrogen-bond acceptors (Lipinski definition) is 5. The fourth-order valence-electron chi connectivity index (χ4n) is 5.19. The molecule has 1 saturated carbocycles. The van der Waals surface area contributed by atoms with E-state index < -0.39 is 12.0 Å². The van der Waals surface area contributed by atoms with Gasteiger partial charge in [0.05, 0.1) is 27.8 Å². The largest absolute Gasteiger partial charge is 0.462 e. The van der Waals surface area contributed by atoms with Crippen molar-refractivity contribution < 1.29 is 9.13 Å². The zero-order valence-electron chi connectivity index (χ0n) is 17.2. The molecule has 6 rings (SSSR count). The highest BCUT2D eigenvalue weighted by Gasteiger charge is 2.45. The van der Waals surface area contributed by atoms with Gasteiger partial charge in [0.25, 0.3) is 0 Å². The third-order valence-corrected chi connectivity index (χ3v) is 7.63. The number of aromatic nitrogens is 3. The predicted molar refractivity (Wildman–Crippen MR) is 122 cm³/mol. The first-order chi connectivity index (χ1) is 15.5. The molecule has 1 atom stereocenters. The minimum absolute atomic E-state index is 0.0595. The fraction of sp³-hybridized carbons (Fsp3) is 0.391. The zero-order chi connectivity index (χ0) is 21.9. The second-order valence-corrected chi connectivity index (χ2v) is 9.81. The number of pyridine rings is 1. The van der Waals surface area contributed by atoms with Crippen LogP contribution >= 0.6 is 23.2 Å². The normalized spacial score (nSPS) is 26.3. The molecule has 3 aliphatic rings. The van der Waals surface area contributed by atoms with Gasteiger partial charge in [-0.05, 0) is 55.8 Å². The number of piperidine rings is 1. The molecule has 1 saturated heterocycles. The van der Waals surface area contributed by atoms with Gasteiger partial charge in [-0.25, -0.2) is 9.37 Å². The van der Waals surface area contributed by atoms with Crippen molar-refractivity contribution in [3.8, 4) is 16.9 Å². The Labute approximate surface area is 195 Å². The summed E-state index contributed by atoms with van der Waals surface area (Å²) in [6, 6.07) is 5.06. The van der Waals surface area contributed by atoms with Crippen LogP contribution in [0.5, 0.6) is 5.75 Å². The lowest BCUT2D eigenvalue weighted by molar-refractivity contribution is 0.0292. The van der Waals surface area contributed by atoms with E-state index in [0.717, 1.165) is 24.2 Å². The van der Waals surface area contributed by atoms with E-state index in [0.29, 0.717) is 33.6 Å². The molecule has 2 aliphatic heterocycles. The second-order valence-electron chi connectivity index (χ2n) is 9.02. The Kier molecular flexibility index (Phi) is 4.82. The lowest BCUT2D eigenvalue weighted by Crippen LogP contribution is -2.49. The first kappa shape index (κ1) is 20.3. The molecule has 1 aromatic carbocycles. The van der Waals surface area contributed by atoms with E-state index in [1.807, 2.05) is 12.3 Å². The van der Waals surface area contributed by atoms with Crippen LogP contribution in [-0.2, 0) is 0 Å². The van der Waals surface area contributed by atoms with Crippen LogP contribution in [0, 0.1) is 11.2 Å². The number of hydrogen-bond donors (Lipinski definition) is 2. The maximum absolute atomic E-state index is 13.9. The highest BCUT2D eigenvalue weighted by molar-refractivity contribution is 6.36. The van der Waals surface area contributed by atoms with Crippen LogP contribution in [0.1, 0.15) is 43.5 Å². The first-order valence-corrected chi connectivity index (χ1v) is 11.6. The topological polar surface area (TPSA) is 64.0 Å². The van der Waals surface area contributed by atoms with Crippen molar-refractivity contribution in [2.75, 3.05) is 18.4 Å². The Bertz CT molecular complexity index is 1190. The quantitative estimate of drug-likeness (QED) is 0.484. The number of rotatable bonds is 3. The lowest BCUT2D eigenvalue weighted by Gasteiger charge is -2.50. The minimum atomic E-state index is -0.707. The van der Waals surface area contributed by atoms with Gasteiger partial charge < -0.3 is 15.4 Å². The summed E-state index contributed by atoms with van der Waals surface area (Å²) in [5.41, 5.74) is 2.70. The van der Waals surface area contributed by atoms with Crippen LogP contribution < -0.4 is 15.4 Å². The van der Waals surface area contributed by atoms with Crippen LogP contribution in [0.15, 0.2) is 36.8 Å².